The van der Waals surface area contributed by atoms with Gasteiger partial charge in [0.05, 0.1) is 11.3 Å². The van der Waals surface area contributed by atoms with E-state index in [1.54, 1.807) is 6.07 Å². The van der Waals surface area contributed by atoms with Gasteiger partial charge in [-0.1, -0.05) is 6.07 Å². The lowest BCUT2D eigenvalue weighted by atomic mass is 9.95. The fourth-order valence-electron chi connectivity index (χ4n) is 2.38. The van der Waals surface area contributed by atoms with Crippen LogP contribution in [0.3, 0.4) is 0 Å². The number of carboxylic acids is 1. The maximum absolute atomic E-state index is 11.3. The predicted octanol–water partition coefficient (Wildman–Crippen LogP) is 3.75. The molecule has 0 aliphatic rings. The molecule has 1 heterocycles. The summed E-state index contributed by atoms with van der Waals surface area (Å²) in [6.07, 6.45) is 1.99. The lowest BCUT2D eigenvalue weighted by Crippen LogP contribution is -2.01. The molecule has 0 saturated carbocycles. The third kappa shape index (κ3) is 2.46. The third-order valence-electron chi connectivity index (χ3n) is 3.54. The molecule has 0 aliphatic heterocycles. The van der Waals surface area contributed by atoms with Crippen molar-refractivity contribution in [3.8, 4) is 11.1 Å². The summed E-state index contributed by atoms with van der Waals surface area (Å²) in [7, 11) is 0. The summed E-state index contributed by atoms with van der Waals surface area (Å²) in [5.74, 6) is -0.891. The van der Waals surface area contributed by atoms with Gasteiger partial charge in [-0.25, -0.2) is 4.79 Å². The van der Waals surface area contributed by atoms with Crippen LogP contribution < -0.4 is 0 Å². The van der Waals surface area contributed by atoms with Gasteiger partial charge in [-0.05, 0) is 57.4 Å². The zero-order chi connectivity index (χ0) is 15.0. The second-order valence-electron chi connectivity index (χ2n) is 5.49. The Morgan fingerprint density at radius 2 is 1.80 bits per heavy atom. The van der Waals surface area contributed by atoms with Gasteiger partial charge in [0.15, 0.2) is 0 Å². The number of nitrogens with zero attached hydrogens (tertiary/aromatic N) is 2. The molecule has 0 aliphatic carbocycles. The highest BCUT2D eigenvalue weighted by Gasteiger charge is 2.15. The maximum Gasteiger partial charge on any atom is 0.335 e. The fourth-order valence-corrected chi connectivity index (χ4v) is 2.38. The minimum Gasteiger partial charge on any atom is -0.478 e. The van der Waals surface area contributed by atoms with E-state index in [-0.39, 0.29) is 6.04 Å². The number of benzene rings is 1. The molecule has 0 unspecified atom stereocenters. The van der Waals surface area contributed by atoms with Crippen LogP contribution in [0.5, 0.6) is 0 Å². The molecule has 0 radical (unpaired) electrons. The summed E-state index contributed by atoms with van der Waals surface area (Å²) in [5, 5.41) is 13.8. The van der Waals surface area contributed by atoms with Crippen LogP contribution in [0.2, 0.25) is 0 Å². The largest absolute Gasteiger partial charge is 0.478 e. The average Bonchev–Trinajstić information content (AvgIpc) is 2.71. The Kier molecular flexibility index (Phi) is 3.66. The van der Waals surface area contributed by atoms with Gasteiger partial charge in [-0.15, -0.1) is 0 Å². The number of hydrogen-bond acceptors (Lipinski definition) is 2. The number of aromatic nitrogens is 2. The Morgan fingerprint density at radius 3 is 2.30 bits per heavy atom. The number of aryl methyl sites for hydroxylation is 3. The Balaban J connectivity index is 2.63. The van der Waals surface area contributed by atoms with Crippen molar-refractivity contribution in [2.75, 3.05) is 0 Å². The molecule has 1 aromatic heterocycles. The van der Waals surface area contributed by atoms with Crippen molar-refractivity contribution in [3.63, 3.8) is 0 Å². The molecule has 1 aromatic carbocycles. The van der Waals surface area contributed by atoms with Gasteiger partial charge in [-0.2, -0.15) is 5.10 Å². The van der Waals surface area contributed by atoms with Crippen molar-refractivity contribution in [3.05, 3.63) is 40.7 Å². The molecular formula is C16H20N2O2. The van der Waals surface area contributed by atoms with Crippen LogP contribution in [0.25, 0.3) is 11.1 Å². The molecule has 1 N–H and O–H groups in total. The molecule has 4 nitrogen and oxygen atoms in total. The molecule has 0 bridgehead atoms. The van der Waals surface area contributed by atoms with Crippen molar-refractivity contribution in [1.82, 2.24) is 9.78 Å². The number of hydrogen-bond donors (Lipinski definition) is 1. The maximum atomic E-state index is 11.3. The molecule has 4 heteroatoms. The van der Waals surface area contributed by atoms with E-state index in [0.29, 0.717) is 5.56 Å². The van der Waals surface area contributed by atoms with E-state index in [0.717, 1.165) is 27.9 Å². The van der Waals surface area contributed by atoms with Gasteiger partial charge >= 0.3 is 5.97 Å². The molecule has 0 saturated heterocycles. The summed E-state index contributed by atoms with van der Waals surface area (Å²) >= 11 is 0. The zero-order valence-corrected chi connectivity index (χ0v) is 12.6. The first kappa shape index (κ1) is 14.3. The average molecular weight is 272 g/mol. The van der Waals surface area contributed by atoms with Crippen molar-refractivity contribution >= 4 is 5.97 Å². The minimum absolute atomic E-state index is 0.284. The monoisotopic (exact) mass is 272 g/mol. The van der Waals surface area contributed by atoms with E-state index in [4.69, 9.17) is 0 Å². The van der Waals surface area contributed by atoms with Crippen LogP contribution in [0.1, 0.15) is 47.1 Å². The van der Waals surface area contributed by atoms with Gasteiger partial charge in [0.2, 0.25) is 0 Å². The highest BCUT2D eigenvalue weighted by atomic mass is 16.4. The highest BCUT2D eigenvalue weighted by Crippen LogP contribution is 2.29. The van der Waals surface area contributed by atoms with Crippen LogP contribution in [-0.2, 0) is 0 Å². The van der Waals surface area contributed by atoms with Crippen molar-refractivity contribution in [2.45, 2.75) is 40.7 Å². The summed E-state index contributed by atoms with van der Waals surface area (Å²) in [5.41, 5.74) is 5.06. The summed E-state index contributed by atoms with van der Waals surface area (Å²) in [6.45, 7) is 9.92. The molecule has 0 spiro atoms. The van der Waals surface area contributed by atoms with Gasteiger partial charge < -0.3 is 5.11 Å². The molecule has 20 heavy (non-hydrogen) atoms. The lowest BCUT2D eigenvalue weighted by Gasteiger charge is -2.09. The minimum atomic E-state index is -0.891. The smallest absolute Gasteiger partial charge is 0.335 e. The number of carbonyl (C=O) groups is 1. The Hall–Kier alpha value is -2.10. The second-order valence-corrected chi connectivity index (χ2v) is 5.49. The Morgan fingerprint density at radius 1 is 1.15 bits per heavy atom. The van der Waals surface area contributed by atoms with Gasteiger partial charge in [0.25, 0.3) is 0 Å². The Bertz CT molecular complexity index is 669. The molecule has 0 amide bonds. The zero-order valence-electron chi connectivity index (χ0n) is 12.6. The number of rotatable bonds is 3. The summed E-state index contributed by atoms with van der Waals surface area (Å²) < 4.78 is 1.91. The van der Waals surface area contributed by atoms with Crippen LogP contribution in [-0.4, -0.2) is 20.9 Å². The number of aromatic carboxylic acids is 1. The van der Waals surface area contributed by atoms with Gasteiger partial charge in [0, 0.05) is 17.8 Å². The predicted molar refractivity (Wildman–Crippen MR) is 79.2 cm³/mol. The molecule has 106 valence electrons. The molecular weight excluding hydrogens is 252 g/mol. The first-order chi connectivity index (χ1) is 9.31. The van der Waals surface area contributed by atoms with Crippen molar-refractivity contribution < 1.29 is 9.90 Å². The number of carboxylic acid groups (broad SMARTS) is 1. The lowest BCUT2D eigenvalue weighted by molar-refractivity contribution is 0.0696. The van der Waals surface area contributed by atoms with Crippen LogP contribution in [0.4, 0.5) is 0 Å². The van der Waals surface area contributed by atoms with E-state index in [1.165, 1.54) is 0 Å². The van der Waals surface area contributed by atoms with Gasteiger partial charge in [-0.3, -0.25) is 4.68 Å². The molecule has 0 fully saturated rings. The van der Waals surface area contributed by atoms with Crippen LogP contribution in [0.15, 0.2) is 18.3 Å². The first-order valence-corrected chi connectivity index (χ1v) is 6.72. The van der Waals surface area contributed by atoms with Crippen molar-refractivity contribution in [1.29, 1.82) is 0 Å². The standard InChI is InChI=1S/C16H20N2O2/c1-9(2)18-8-15(12(5)17-18)13-7-14(16(19)20)11(4)6-10(13)3/h6-9H,1-5H3,(H,19,20). The van der Waals surface area contributed by atoms with Gasteiger partial charge in [0.1, 0.15) is 0 Å². The quantitative estimate of drug-likeness (QED) is 0.925. The van der Waals surface area contributed by atoms with E-state index in [1.807, 2.05) is 37.7 Å². The second kappa shape index (κ2) is 5.12. The normalized spacial score (nSPS) is 11.1. The highest BCUT2D eigenvalue weighted by molar-refractivity contribution is 5.91. The van der Waals surface area contributed by atoms with E-state index in [2.05, 4.69) is 18.9 Å². The van der Waals surface area contributed by atoms with E-state index in [9.17, 15) is 9.90 Å². The Labute approximate surface area is 119 Å². The summed E-state index contributed by atoms with van der Waals surface area (Å²) in [4.78, 5) is 11.3. The van der Waals surface area contributed by atoms with Crippen molar-refractivity contribution in [2.24, 2.45) is 0 Å². The summed E-state index contributed by atoms with van der Waals surface area (Å²) in [6, 6.07) is 3.96. The molecule has 2 aromatic rings. The molecule has 0 atom stereocenters. The topological polar surface area (TPSA) is 55.1 Å². The van der Waals surface area contributed by atoms with E-state index < -0.39 is 5.97 Å². The van der Waals surface area contributed by atoms with Crippen LogP contribution in [0, 0.1) is 20.8 Å². The van der Waals surface area contributed by atoms with E-state index >= 15 is 0 Å². The first-order valence-electron chi connectivity index (χ1n) is 6.72. The fraction of sp³-hybridized carbons (Fsp3) is 0.375. The molecule has 2 rings (SSSR count). The SMILES string of the molecule is Cc1cc(C)c(-c2cn(C(C)C)nc2C)cc1C(=O)O. The van der Waals surface area contributed by atoms with Crippen LogP contribution >= 0.6 is 0 Å². The third-order valence-corrected chi connectivity index (χ3v) is 3.54.